The number of likely N-dealkylation sites (N-methyl/N-ethyl adjacent to an activating group) is 1. The molecule has 0 bridgehead atoms. The zero-order chi connectivity index (χ0) is 12.1. The van der Waals surface area contributed by atoms with E-state index in [1.54, 1.807) is 0 Å². The average Bonchev–Trinajstić information content (AvgIpc) is 2.00. The largest absolute Gasteiger partial charge is 0.389 e. The Morgan fingerprint density at radius 1 is 1.53 bits per heavy atom. The molecule has 0 heterocycles. The molecule has 0 aliphatic carbocycles. The molecule has 6 nitrogen and oxygen atoms in total. The summed E-state index contributed by atoms with van der Waals surface area (Å²) in [5.74, 6) is -1.07. The maximum absolute atomic E-state index is 11.3. The smallest absolute Gasteiger partial charge is 0.237 e. The van der Waals surface area contributed by atoms with Gasteiger partial charge < -0.3 is 14.7 Å². The van der Waals surface area contributed by atoms with Crippen molar-refractivity contribution in [2.24, 2.45) is 0 Å². The van der Waals surface area contributed by atoms with Crippen LogP contribution in [0.4, 0.5) is 0 Å². The number of methoxy groups -OCH3 is 1. The Morgan fingerprint density at radius 3 is 2.47 bits per heavy atom. The first-order valence-corrected chi connectivity index (χ1v) is 6.41. The Bertz CT molecular complexity index is 300. The first-order chi connectivity index (χ1) is 6.76. The summed E-state index contributed by atoms with van der Waals surface area (Å²) in [7, 11) is -0.452. The van der Waals surface area contributed by atoms with Crippen LogP contribution in [0.25, 0.3) is 0 Å². The predicted molar refractivity (Wildman–Crippen MR) is 55.2 cm³/mol. The molecule has 90 valence electrons. The Balaban J connectivity index is 4.10. The summed E-state index contributed by atoms with van der Waals surface area (Å²) in [6.45, 7) is 0.165. The molecule has 7 heteroatoms. The van der Waals surface area contributed by atoms with E-state index in [-0.39, 0.29) is 13.2 Å². The van der Waals surface area contributed by atoms with E-state index in [1.165, 1.54) is 19.1 Å². The van der Waals surface area contributed by atoms with Gasteiger partial charge in [-0.3, -0.25) is 4.79 Å². The molecule has 0 rings (SSSR count). The van der Waals surface area contributed by atoms with Crippen molar-refractivity contribution < 1.29 is 23.1 Å². The molecule has 0 aromatic rings. The summed E-state index contributed by atoms with van der Waals surface area (Å²) in [5.41, 5.74) is 0. The van der Waals surface area contributed by atoms with E-state index in [1.807, 2.05) is 0 Å². The summed E-state index contributed by atoms with van der Waals surface area (Å²) < 4.78 is 26.3. The van der Waals surface area contributed by atoms with Crippen molar-refractivity contribution >= 4 is 15.7 Å². The molecule has 0 fully saturated rings. The third kappa shape index (κ3) is 7.29. The van der Waals surface area contributed by atoms with Crippen LogP contribution >= 0.6 is 0 Å². The zero-order valence-corrected chi connectivity index (χ0v) is 9.95. The maximum atomic E-state index is 11.3. The highest BCUT2D eigenvalue weighted by atomic mass is 32.2. The first kappa shape index (κ1) is 14.3. The molecule has 0 aromatic heterocycles. The van der Waals surface area contributed by atoms with E-state index in [0.717, 1.165) is 6.26 Å². The third-order valence-electron chi connectivity index (χ3n) is 1.66. The number of sulfone groups is 1. The SMILES string of the molecule is COCC(O)CN(C)C(=O)CS(C)(=O)=O. The minimum Gasteiger partial charge on any atom is -0.389 e. The van der Waals surface area contributed by atoms with Gasteiger partial charge in [0.25, 0.3) is 0 Å². The maximum Gasteiger partial charge on any atom is 0.237 e. The number of carbonyl (C=O) groups excluding carboxylic acids is 1. The number of rotatable bonds is 6. The number of carbonyl (C=O) groups is 1. The van der Waals surface area contributed by atoms with Gasteiger partial charge in [0.15, 0.2) is 9.84 Å². The highest BCUT2D eigenvalue weighted by Gasteiger charge is 2.17. The molecule has 0 saturated carbocycles. The van der Waals surface area contributed by atoms with Crippen molar-refractivity contribution in [3.8, 4) is 0 Å². The molecule has 0 spiro atoms. The topological polar surface area (TPSA) is 83.9 Å². The second-order valence-corrected chi connectivity index (χ2v) is 5.59. The summed E-state index contributed by atoms with van der Waals surface area (Å²) in [5, 5.41) is 9.30. The Kier molecular flexibility index (Phi) is 5.77. The van der Waals surface area contributed by atoms with Crippen LogP contribution in [-0.4, -0.2) is 69.8 Å². The van der Waals surface area contributed by atoms with Gasteiger partial charge in [-0.1, -0.05) is 0 Å². The second-order valence-electron chi connectivity index (χ2n) is 3.45. The van der Waals surface area contributed by atoms with Gasteiger partial charge in [0, 0.05) is 27.0 Å². The summed E-state index contributed by atoms with van der Waals surface area (Å²) in [4.78, 5) is 12.5. The summed E-state index contributed by atoms with van der Waals surface area (Å²) in [6, 6.07) is 0. The molecular weight excluding hydrogens is 222 g/mol. The van der Waals surface area contributed by atoms with Crippen LogP contribution in [0.2, 0.25) is 0 Å². The van der Waals surface area contributed by atoms with Crippen molar-refractivity contribution in [3.63, 3.8) is 0 Å². The van der Waals surface area contributed by atoms with Gasteiger partial charge in [0.2, 0.25) is 5.91 Å². The number of ether oxygens (including phenoxy) is 1. The van der Waals surface area contributed by atoms with E-state index < -0.39 is 27.6 Å². The highest BCUT2D eigenvalue weighted by molar-refractivity contribution is 7.91. The Hall–Kier alpha value is -0.660. The number of hydrogen-bond acceptors (Lipinski definition) is 5. The van der Waals surface area contributed by atoms with E-state index in [0.29, 0.717) is 0 Å². The van der Waals surface area contributed by atoms with Crippen LogP contribution in [0.1, 0.15) is 0 Å². The fourth-order valence-electron chi connectivity index (χ4n) is 0.998. The molecule has 15 heavy (non-hydrogen) atoms. The molecule has 0 aliphatic rings. The third-order valence-corrected chi connectivity index (χ3v) is 2.43. The van der Waals surface area contributed by atoms with Crippen molar-refractivity contribution in [1.29, 1.82) is 0 Å². The van der Waals surface area contributed by atoms with Gasteiger partial charge in [-0.05, 0) is 0 Å². The normalized spacial score (nSPS) is 13.6. The van der Waals surface area contributed by atoms with E-state index in [2.05, 4.69) is 4.74 Å². The molecule has 1 atom stereocenters. The second kappa shape index (κ2) is 6.04. The fraction of sp³-hybridized carbons (Fsp3) is 0.875. The van der Waals surface area contributed by atoms with Crippen LogP contribution in [-0.2, 0) is 19.4 Å². The molecule has 1 N–H and O–H groups in total. The van der Waals surface area contributed by atoms with Crippen molar-refractivity contribution in [3.05, 3.63) is 0 Å². The van der Waals surface area contributed by atoms with Gasteiger partial charge in [0.05, 0.1) is 12.7 Å². The molecule has 0 aliphatic heterocycles. The van der Waals surface area contributed by atoms with E-state index in [9.17, 15) is 18.3 Å². The Labute approximate surface area is 89.7 Å². The Morgan fingerprint density at radius 2 is 2.07 bits per heavy atom. The number of aliphatic hydroxyl groups is 1. The molecule has 1 amide bonds. The molecule has 0 radical (unpaired) electrons. The fourth-order valence-corrected chi connectivity index (χ4v) is 1.67. The lowest BCUT2D eigenvalue weighted by Gasteiger charge is -2.19. The van der Waals surface area contributed by atoms with Gasteiger partial charge >= 0.3 is 0 Å². The lowest BCUT2D eigenvalue weighted by Crippen LogP contribution is -2.39. The van der Waals surface area contributed by atoms with Crippen LogP contribution < -0.4 is 0 Å². The lowest BCUT2D eigenvalue weighted by atomic mass is 10.3. The number of hydrogen-bond donors (Lipinski definition) is 1. The van der Waals surface area contributed by atoms with Crippen LogP contribution in [0, 0.1) is 0 Å². The van der Waals surface area contributed by atoms with Crippen LogP contribution in [0.3, 0.4) is 0 Å². The minimum atomic E-state index is -3.32. The van der Waals surface area contributed by atoms with Gasteiger partial charge in [-0.25, -0.2) is 8.42 Å². The quantitative estimate of drug-likeness (QED) is 0.609. The number of nitrogens with zero attached hydrogens (tertiary/aromatic N) is 1. The molecule has 1 unspecified atom stereocenters. The van der Waals surface area contributed by atoms with Crippen molar-refractivity contribution in [1.82, 2.24) is 4.90 Å². The summed E-state index contributed by atoms with van der Waals surface area (Å²) >= 11 is 0. The molecule has 0 aromatic carbocycles. The average molecular weight is 239 g/mol. The van der Waals surface area contributed by atoms with Crippen molar-refractivity contribution in [2.45, 2.75) is 6.10 Å². The van der Waals surface area contributed by atoms with Gasteiger partial charge in [-0.15, -0.1) is 0 Å². The van der Waals surface area contributed by atoms with Crippen molar-refractivity contribution in [2.75, 3.05) is 39.3 Å². The monoisotopic (exact) mass is 239 g/mol. The zero-order valence-electron chi connectivity index (χ0n) is 9.13. The van der Waals surface area contributed by atoms with Crippen LogP contribution in [0.5, 0.6) is 0 Å². The van der Waals surface area contributed by atoms with Gasteiger partial charge in [0.1, 0.15) is 5.75 Å². The standard InChI is InChI=1S/C8H17NO5S/c1-9(4-7(10)5-14-2)8(11)6-15(3,12)13/h7,10H,4-6H2,1-3H3. The molecular formula is C8H17NO5S. The molecule has 0 saturated heterocycles. The van der Waals surface area contributed by atoms with Gasteiger partial charge in [-0.2, -0.15) is 0 Å². The highest BCUT2D eigenvalue weighted by Crippen LogP contribution is 1.94. The lowest BCUT2D eigenvalue weighted by molar-refractivity contribution is -0.128. The predicted octanol–water partition coefficient (Wildman–Crippen LogP) is -1.50. The number of aliphatic hydroxyl groups excluding tert-OH is 1. The number of amides is 1. The minimum absolute atomic E-state index is 0.0577. The summed E-state index contributed by atoms with van der Waals surface area (Å²) in [6.07, 6.45) is 0.188. The first-order valence-electron chi connectivity index (χ1n) is 4.35. The van der Waals surface area contributed by atoms with E-state index in [4.69, 9.17) is 0 Å². The van der Waals surface area contributed by atoms with E-state index >= 15 is 0 Å². The van der Waals surface area contributed by atoms with Crippen LogP contribution in [0.15, 0.2) is 0 Å².